The van der Waals surface area contributed by atoms with Crippen molar-refractivity contribution < 1.29 is 24.5 Å². The fraction of sp³-hybridized carbons (Fsp3) is 0.484. The molecule has 0 fully saturated rings. The third-order valence-electron chi connectivity index (χ3n) is 6.44. The minimum Gasteiger partial charge on any atom is -0.477 e. The van der Waals surface area contributed by atoms with Crippen LogP contribution >= 0.6 is 0 Å². The molecule has 7 nitrogen and oxygen atoms in total. The van der Waals surface area contributed by atoms with Gasteiger partial charge >= 0.3 is 5.97 Å². The molecule has 1 aromatic heterocycles. The van der Waals surface area contributed by atoms with Gasteiger partial charge in [-0.3, -0.25) is 0 Å². The summed E-state index contributed by atoms with van der Waals surface area (Å²) in [4.78, 5) is 28.6. The van der Waals surface area contributed by atoms with Crippen LogP contribution in [0.1, 0.15) is 101 Å². The van der Waals surface area contributed by atoms with Crippen molar-refractivity contribution in [3.05, 3.63) is 76.4 Å². The molecule has 2 N–H and O–H groups in total. The van der Waals surface area contributed by atoms with Crippen molar-refractivity contribution in [2.24, 2.45) is 5.41 Å². The first-order chi connectivity index (χ1) is 17.8. The second-order valence-corrected chi connectivity index (χ2v) is 11.9. The third kappa shape index (κ3) is 6.79. The van der Waals surface area contributed by atoms with Gasteiger partial charge in [-0.25, -0.2) is 14.6 Å². The van der Waals surface area contributed by atoms with Crippen LogP contribution in [-0.4, -0.2) is 43.4 Å². The highest BCUT2D eigenvalue weighted by molar-refractivity contribution is 5.87. The molecule has 0 spiro atoms. The fourth-order valence-corrected chi connectivity index (χ4v) is 4.44. The Morgan fingerprint density at radius 1 is 1.16 bits per heavy atom. The molecule has 2 aromatic rings. The van der Waals surface area contributed by atoms with E-state index in [4.69, 9.17) is 4.74 Å². The van der Waals surface area contributed by atoms with Gasteiger partial charge in [0.15, 0.2) is 5.69 Å². The highest BCUT2D eigenvalue weighted by Gasteiger charge is 2.33. The molecular weight excluding hydrogens is 480 g/mol. The largest absolute Gasteiger partial charge is 0.477 e. The number of ether oxygens (including phenoxy) is 1. The number of aliphatic hydroxyl groups is 1. The third-order valence-corrected chi connectivity index (χ3v) is 6.44. The van der Waals surface area contributed by atoms with Gasteiger partial charge in [0, 0.05) is 13.0 Å². The number of aliphatic hydroxyl groups excluding tert-OH is 1. The second-order valence-electron chi connectivity index (χ2n) is 11.9. The number of rotatable bonds is 9. The Morgan fingerprint density at radius 2 is 1.82 bits per heavy atom. The number of carboxylic acid groups (broad SMARTS) is 1. The average molecular weight is 521 g/mol. The molecule has 204 valence electrons. The predicted octanol–water partition coefficient (Wildman–Crippen LogP) is 5.95. The maximum Gasteiger partial charge on any atom is 0.354 e. The number of carbonyl (C=O) groups is 1. The highest BCUT2D eigenvalue weighted by Crippen LogP contribution is 2.35. The number of benzene rings is 1. The van der Waals surface area contributed by atoms with E-state index in [-0.39, 0.29) is 11.4 Å². The number of hydrogen-bond acceptors (Lipinski definition) is 5. The first-order valence-corrected chi connectivity index (χ1v) is 13.2. The number of allylic oxidation sites excluding steroid dienone is 2. The number of aryl methyl sites for hydroxylation is 1. The maximum atomic E-state index is 12.4. The molecule has 0 saturated carbocycles. The number of carboxylic acids is 1. The van der Waals surface area contributed by atoms with Crippen molar-refractivity contribution in [2.45, 2.75) is 92.1 Å². The Balaban J connectivity index is 1.99. The van der Waals surface area contributed by atoms with Crippen molar-refractivity contribution in [1.29, 1.82) is 0 Å². The van der Waals surface area contributed by atoms with Gasteiger partial charge in [0.05, 0.1) is 11.2 Å². The summed E-state index contributed by atoms with van der Waals surface area (Å²) in [6, 6.07) is 7.80. The first-order valence-electron chi connectivity index (χ1n) is 13.2. The lowest BCUT2D eigenvalue weighted by Crippen LogP contribution is -2.30. The van der Waals surface area contributed by atoms with Crippen LogP contribution < -0.4 is 0 Å². The van der Waals surface area contributed by atoms with Crippen LogP contribution in [0.15, 0.2) is 48.1 Å². The lowest BCUT2D eigenvalue weighted by Gasteiger charge is -2.30. The van der Waals surface area contributed by atoms with E-state index in [0.717, 1.165) is 29.5 Å². The van der Waals surface area contributed by atoms with Gasteiger partial charge < -0.3 is 19.5 Å². The summed E-state index contributed by atoms with van der Waals surface area (Å²) < 4.78 is 7.92. The number of nitrogens with zero attached hydrogens (tertiary/aromatic N) is 2. The summed E-state index contributed by atoms with van der Waals surface area (Å²) in [5, 5.41) is 21.1. The molecule has 0 bridgehead atoms. The zero-order valence-corrected chi connectivity index (χ0v) is 23.5. The monoisotopic (exact) mass is 520 g/mol. The van der Waals surface area contributed by atoms with E-state index >= 15 is 0 Å². The van der Waals surface area contributed by atoms with Gasteiger partial charge in [0.2, 0.25) is 0 Å². The van der Waals surface area contributed by atoms with Crippen molar-refractivity contribution >= 4 is 17.5 Å². The zero-order chi connectivity index (χ0) is 28.3. The Labute approximate surface area is 225 Å². The Bertz CT molecular complexity index is 1260. The summed E-state index contributed by atoms with van der Waals surface area (Å²) in [6.45, 7) is 13.8. The standard InChI is InChI=1S/C31H40N2O5/c1-8-9-13-24-32-25(28(35)30(2,3)4)26(29(36)37)33(24)18-20-14-16-21(17-15-20)23-12-10-11-22(19-34)27(23)38-31(5,6)7/h10-12,14-17,27-28,35H,8-9,13,18H2,1-7H3,(H,36,37). The van der Waals surface area contributed by atoms with Gasteiger partial charge in [-0.1, -0.05) is 70.5 Å². The van der Waals surface area contributed by atoms with Gasteiger partial charge in [0.1, 0.15) is 29.7 Å². The first kappa shape index (κ1) is 29.3. The normalized spacial score (nSPS) is 16.8. The zero-order valence-electron chi connectivity index (χ0n) is 23.5. The quantitative estimate of drug-likeness (QED) is 0.397. The molecule has 1 aliphatic carbocycles. The van der Waals surface area contributed by atoms with Crippen molar-refractivity contribution in [3.8, 4) is 0 Å². The van der Waals surface area contributed by atoms with E-state index in [9.17, 15) is 19.8 Å². The smallest absolute Gasteiger partial charge is 0.354 e. The molecule has 7 heteroatoms. The number of carbonyl (C=O) groups excluding carboxylic acids is 1. The number of aromatic carboxylic acids is 1. The number of aromatic nitrogens is 2. The van der Waals surface area contributed by atoms with Crippen LogP contribution in [0.25, 0.3) is 5.57 Å². The Hall–Kier alpha value is -3.25. The number of unbranched alkanes of at least 4 members (excludes halogenated alkanes) is 1. The van der Waals surface area contributed by atoms with E-state index in [1.165, 1.54) is 0 Å². The van der Waals surface area contributed by atoms with Crippen LogP contribution in [0.3, 0.4) is 0 Å². The number of hydrogen-bond donors (Lipinski definition) is 2. The summed E-state index contributed by atoms with van der Waals surface area (Å²) in [7, 11) is 0. The molecule has 1 aliphatic rings. The highest BCUT2D eigenvalue weighted by atomic mass is 16.5. The topological polar surface area (TPSA) is 102 Å². The van der Waals surface area contributed by atoms with E-state index in [1.54, 1.807) is 10.6 Å². The summed E-state index contributed by atoms with van der Waals surface area (Å²) in [6.07, 6.45) is 6.36. The van der Waals surface area contributed by atoms with Crippen LogP contribution in [0.4, 0.5) is 0 Å². The molecule has 3 rings (SSSR count). The Morgan fingerprint density at radius 3 is 2.34 bits per heavy atom. The van der Waals surface area contributed by atoms with Gasteiger partial charge in [-0.15, -0.1) is 0 Å². The predicted molar refractivity (Wildman–Crippen MR) is 149 cm³/mol. The minimum absolute atomic E-state index is 0.0298. The van der Waals surface area contributed by atoms with Gasteiger partial charge in [0.25, 0.3) is 0 Å². The molecule has 1 aromatic carbocycles. The van der Waals surface area contributed by atoms with E-state index in [1.807, 2.05) is 83.9 Å². The second kappa shape index (κ2) is 11.6. The van der Waals surface area contributed by atoms with Crippen LogP contribution in [0.5, 0.6) is 0 Å². The molecular formula is C31H40N2O5. The SMILES string of the molecule is CCCCc1nc(C(O)C(C)(C)C)c(C(=O)O)n1Cc1ccc(C2=CC=CC(=C=O)C2OC(C)(C)C)cc1. The van der Waals surface area contributed by atoms with Crippen molar-refractivity contribution in [2.75, 3.05) is 0 Å². The molecule has 0 radical (unpaired) electrons. The van der Waals surface area contributed by atoms with Crippen LogP contribution in [0, 0.1) is 5.41 Å². The molecule has 0 aliphatic heterocycles. The van der Waals surface area contributed by atoms with Crippen molar-refractivity contribution in [1.82, 2.24) is 9.55 Å². The molecule has 1 heterocycles. The van der Waals surface area contributed by atoms with E-state index in [0.29, 0.717) is 24.4 Å². The lowest BCUT2D eigenvalue weighted by atomic mass is 9.86. The van der Waals surface area contributed by atoms with Crippen LogP contribution in [0.2, 0.25) is 0 Å². The summed E-state index contributed by atoms with van der Waals surface area (Å²) in [5.41, 5.74) is 2.32. The van der Waals surface area contributed by atoms with E-state index in [2.05, 4.69) is 11.9 Å². The molecule has 2 unspecified atom stereocenters. The lowest BCUT2D eigenvalue weighted by molar-refractivity contribution is -0.0168. The van der Waals surface area contributed by atoms with E-state index < -0.39 is 29.2 Å². The molecule has 2 atom stereocenters. The Kier molecular flexibility index (Phi) is 8.98. The number of imidazole rings is 1. The minimum atomic E-state index is -1.11. The summed E-state index contributed by atoms with van der Waals surface area (Å²) in [5.74, 6) is 1.56. The summed E-state index contributed by atoms with van der Waals surface area (Å²) >= 11 is 0. The maximum absolute atomic E-state index is 12.4. The average Bonchev–Trinajstić information content (AvgIpc) is 3.19. The fourth-order valence-electron chi connectivity index (χ4n) is 4.44. The molecule has 0 amide bonds. The molecule has 38 heavy (non-hydrogen) atoms. The van der Waals surface area contributed by atoms with Crippen LogP contribution in [-0.2, 0) is 22.5 Å². The van der Waals surface area contributed by atoms with Gasteiger partial charge in [-0.2, -0.15) is 0 Å². The molecule has 0 saturated heterocycles. The van der Waals surface area contributed by atoms with Gasteiger partial charge in [-0.05, 0) is 55.4 Å². The van der Waals surface area contributed by atoms with Crippen molar-refractivity contribution in [3.63, 3.8) is 0 Å².